The Hall–Kier alpha value is -0.200. The summed E-state index contributed by atoms with van der Waals surface area (Å²) >= 11 is 0. The summed E-state index contributed by atoms with van der Waals surface area (Å²) in [5.41, 5.74) is 0. The third-order valence-corrected chi connectivity index (χ3v) is 0.968. The number of aliphatic hydroxyl groups is 5. The fourth-order valence-electron chi connectivity index (χ4n) is 0.316. The lowest BCUT2D eigenvalue weighted by molar-refractivity contribution is -0.0453. The van der Waals surface area contributed by atoms with Gasteiger partial charge in [-0.1, -0.05) is 33.6 Å². The molecule has 0 unspecified atom stereocenters. The quantitative estimate of drug-likeness (QED) is 0.429. The van der Waals surface area contributed by atoms with Crippen molar-refractivity contribution in [3.63, 3.8) is 0 Å². The third kappa shape index (κ3) is 41.6. The number of rotatable bonds is 4. The van der Waals surface area contributed by atoms with Crippen molar-refractivity contribution in [2.45, 2.75) is 52.4 Å². The molecule has 15 heavy (non-hydrogen) atoms. The zero-order chi connectivity index (χ0) is 12.7. The van der Waals surface area contributed by atoms with Gasteiger partial charge < -0.3 is 25.5 Å². The van der Waals surface area contributed by atoms with E-state index in [1.54, 1.807) is 0 Å². The first-order valence-corrected chi connectivity index (χ1v) is 5.25. The molecule has 0 aromatic rings. The van der Waals surface area contributed by atoms with E-state index in [-0.39, 0.29) is 13.2 Å². The van der Waals surface area contributed by atoms with E-state index in [0.717, 1.165) is 6.42 Å². The normalized spacial score (nSPS) is 9.20. The molecule has 0 fully saturated rings. The van der Waals surface area contributed by atoms with Gasteiger partial charge in [-0.05, 0) is 6.42 Å². The van der Waals surface area contributed by atoms with Gasteiger partial charge in [0.25, 0.3) is 0 Å². The minimum atomic E-state index is -1.10. The van der Waals surface area contributed by atoms with Crippen LogP contribution in [0.25, 0.3) is 0 Å². The summed E-state index contributed by atoms with van der Waals surface area (Å²) in [7, 11) is 0. The smallest absolute Gasteiger partial charge is 0.151 e. The lowest BCUT2D eigenvalue weighted by atomic mass is 10.3. The van der Waals surface area contributed by atoms with Crippen LogP contribution in [0.3, 0.4) is 0 Å². The van der Waals surface area contributed by atoms with Crippen molar-refractivity contribution in [1.29, 1.82) is 0 Å². The zero-order valence-corrected chi connectivity index (χ0v) is 9.93. The molecule has 0 radical (unpaired) electrons. The first-order valence-electron chi connectivity index (χ1n) is 5.25. The Morgan fingerprint density at radius 1 is 0.867 bits per heavy atom. The summed E-state index contributed by atoms with van der Waals surface area (Å²) in [4.78, 5) is 0. The second-order valence-electron chi connectivity index (χ2n) is 3.00. The fraction of sp³-hybridized carbons (Fsp3) is 1.00. The molecule has 0 amide bonds. The predicted molar refractivity (Wildman–Crippen MR) is 59.3 cm³/mol. The van der Waals surface area contributed by atoms with Crippen LogP contribution >= 0.6 is 0 Å². The molecular weight excluding hydrogens is 200 g/mol. The molecule has 5 N–H and O–H groups in total. The Balaban J connectivity index is -0.000000153. The SMILES string of the molecule is CCC.CCCC(O)O.OCC(O)CO. The van der Waals surface area contributed by atoms with E-state index >= 15 is 0 Å². The number of hydrogen-bond donors (Lipinski definition) is 5. The maximum atomic E-state index is 8.17. The lowest BCUT2D eigenvalue weighted by Crippen LogP contribution is -2.15. The molecule has 0 aromatic heterocycles. The van der Waals surface area contributed by atoms with E-state index in [2.05, 4.69) is 13.8 Å². The molecule has 0 heterocycles. The van der Waals surface area contributed by atoms with Crippen molar-refractivity contribution in [3.05, 3.63) is 0 Å². The summed E-state index contributed by atoms with van der Waals surface area (Å²) < 4.78 is 0. The van der Waals surface area contributed by atoms with Crippen molar-refractivity contribution >= 4 is 0 Å². The van der Waals surface area contributed by atoms with Crippen molar-refractivity contribution in [1.82, 2.24) is 0 Å². The highest BCUT2D eigenvalue weighted by Crippen LogP contribution is 1.88. The van der Waals surface area contributed by atoms with Crippen LogP contribution in [0.4, 0.5) is 0 Å². The summed E-state index contributed by atoms with van der Waals surface area (Å²) in [6.45, 7) is 5.42. The van der Waals surface area contributed by atoms with Crippen LogP contribution in [-0.4, -0.2) is 51.1 Å². The molecule has 0 saturated heterocycles. The first-order chi connectivity index (χ1) is 6.99. The number of aliphatic hydroxyl groups excluding tert-OH is 4. The Labute approximate surface area is 92.0 Å². The van der Waals surface area contributed by atoms with Crippen molar-refractivity contribution in [2.75, 3.05) is 13.2 Å². The molecule has 0 aliphatic rings. The molecule has 0 atom stereocenters. The second-order valence-corrected chi connectivity index (χ2v) is 3.00. The van der Waals surface area contributed by atoms with Gasteiger partial charge in [0.2, 0.25) is 0 Å². The van der Waals surface area contributed by atoms with Gasteiger partial charge in [0, 0.05) is 0 Å². The molecule has 0 aromatic carbocycles. The maximum Gasteiger partial charge on any atom is 0.151 e. The van der Waals surface area contributed by atoms with Crippen LogP contribution in [0.2, 0.25) is 0 Å². The highest BCUT2D eigenvalue weighted by molar-refractivity contribution is 4.44. The second kappa shape index (κ2) is 19.4. The minimum absolute atomic E-state index is 0.365. The van der Waals surface area contributed by atoms with Crippen LogP contribution < -0.4 is 0 Å². The minimum Gasteiger partial charge on any atom is -0.394 e. The van der Waals surface area contributed by atoms with E-state index in [9.17, 15) is 0 Å². The Bertz CT molecular complexity index is 83.9. The molecule has 5 heteroatoms. The lowest BCUT2D eigenvalue weighted by Gasteiger charge is -1.96. The van der Waals surface area contributed by atoms with Crippen LogP contribution in [-0.2, 0) is 0 Å². The van der Waals surface area contributed by atoms with Gasteiger partial charge in [-0.3, -0.25) is 0 Å². The fourth-order valence-corrected chi connectivity index (χ4v) is 0.316. The average molecular weight is 226 g/mol. The summed E-state index contributed by atoms with van der Waals surface area (Å²) in [6.07, 6.45) is 0.512. The number of hydrogen-bond acceptors (Lipinski definition) is 5. The summed E-state index contributed by atoms with van der Waals surface area (Å²) in [6, 6.07) is 0. The predicted octanol–water partition coefficient (Wildman–Crippen LogP) is -0.155. The Morgan fingerprint density at radius 3 is 1.20 bits per heavy atom. The van der Waals surface area contributed by atoms with Gasteiger partial charge in [0.15, 0.2) is 6.29 Å². The van der Waals surface area contributed by atoms with E-state index in [0.29, 0.717) is 6.42 Å². The van der Waals surface area contributed by atoms with Crippen LogP contribution in [0.15, 0.2) is 0 Å². The van der Waals surface area contributed by atoms with Gasteiger partial charge in [-0.2, -0.15) is 0 Å². The molecule has 96 valence electrons. The molecule has 0 spiro atoms. The molecule has 0 aliphatic carbocycles. The van der Waals surface area contributed by atoms with Gasteiger partial charge in [0.1, 0.15) is 6.10 Å². The maximum absolute atomic E-state index is 8.17. The van der Waals surface area contributed by atoms with Crippen LogP contribution in [0, 0.1) is 0 Å². The molecule has 0 bridgehead atoms. The van der Waals surface area contributed by atoms with Crippen molar-refractivity contribution < 1.29 is 25.5 Å². The van der Waals surface area contributed by atoms with E-state index in [4.69, 9.17) is 25.5 Å². The van der Waals surface area contributed by atoms with Gasteiger partial charge in [-0.15, -0.1) is 0 Å². The highest BCUT2D eigenvalue weighted by atomic mass is 16.5. The van der Waals surface area contributed by atoms with Crippen LogP contribution in [0.5, 0.6) is 0 Å². The molecule has 0 rings (SSSR count). The van der Waals surface area contributed by atoms with E-state index < -0.39 is 12.4 Å². The average Bonchev–Trinajstić information content (AvgIpc) is 2.18. The Morgan fingerprint density at radius 2 is 1.20 bits per heavy atom. The molecule has 5 nitrogen and oxygen atoms in total. The largest absolute Gasteiger partial charge is 0.394 e. The van der Waals surface area contributed by atoms with E-state index in [1.807, 2.05) is 6.92 Å². The Kier molecular flexibility index (Phi) is 26.2. The van der Waals surface area contributed by atoms with Gasteiger partial charge in [-0.25, -0.2) is 0 Å². The van der Waals surface area contributed by atoms with E-state index in [1.165, 1.54) is 6.42 Å². The monoisotopic (exact) mass is 226 g/mol. The first kappa shape index (κ1) is 20.2. The van der Waals surface area contributed by atoms with Gasteiger partial charge in [0.05, 0.1) is 13.2 Å². The van der Waals surface area contributed by atoms with Crippen molar-refractivity contribution in [2.24, 2.45) is 0 Å². The summed E-state index contributed by atoms with van der Waals surface area (Å²) in [5.74, 6) is 0. The molecular formula is C10H26O5. The highest BCUT2D eigenvalue weighted by Gasteiger charge is 1.93. The van der Waals surface area contributed by atoms with Gasteiger partial charge >= 0.3 is 0 Å². The third-order valence-electron chi connectivity index (χ3n) is 0.968. The van der Waals surface area contributed by atoms with Crippen LogP contribution in [0.1, 0.15) is 40.0 Å². The summed E-state index contributed by atoms with van der Waals surface area (Å²) in [5, 5.41) is 40.2. The zero-order valence-electron chi connectivity index (χ0n) is 9.93. The standard InChI is InChI=1S/C4H10O2.C3H8O3.C3H8/c1-2-3-4(5)6;4-1-3(6)2-5;1-3-2/h4-6H,2-3H2,1H3;3-6H,1-2H2;3H2,1-2H3. The van der Waals surface area contributed by atoms with Crippen molar-refractivity contribution in [3.8, 4) is 0 Å². The molecule has 0 saturated carbocycles. The molecule has 0 aliphatic heterocycles. The topological polar surface area (TPSA) is 101 Å².